The van der Waals surface area contributed by atoms with Crippen LogP contribution >= 0.6 is 0 Å². The Morgan fingerprint density at radius 3 is 2.15 bits per heavy atom. The Kier molecular flexibility index (Phi) is 2.87. The number of fused-ring (bicyclic) bond motifs is 8. The minimum Gasteiger partial charge on any atom is -0.300 e. The molecule has 27 heavy (non-hydrogen) atoms. The van der Waals surface area contributed by atoms with Crippen molar-refractivity contribution in [2.45, 2.75) is 5.92 Å². The maximum atomic E-state index is 8.90. The molecule has 4 aromatic rings. The van der Waals surface area contributed by atoms with E-state index in [0.717, 1.165) is 11.1 Å². The van der Waals surface area contributed by atoms with Gasteiger partial charge in [0.05, 0.1) is 5.71 Å². The van der Waals surface area contributed by atoms with Gasteiger partial charge in [-0.05, 0) is 44.7 Å². The first-order valence-corrected chi connectivity index (χ1v) is 9.34. The number of hydrogen-bond donors (Lipinski definition) is 1. The number of benzene rings is 4. The second-order valence-corrected chi connectivity index (χ2v) is 7.32. The summed E-state index contributed by atoms with van der Waals surface area (Å²) in [7, 11) is 0. The van der Waals surface area contributed by atoms with E-state index < -0.39 is 0 Å². The SMILES string of the molecule is N=C(c1ccccc1)c1cc2c(c3ccccc13)[C@H]1C=C1c1ccccc1-2. The topological polar surface area (TPSA) is 23.9 Å². The minimum atomic E-state index is 0.430. The zero-order valence-corrected chi connectivity index (χ0v) is 14.7. The van der Waals surface area contributed by atoms with Crippen molar-refractivity contribution in [3.63, 3.8) is 0 Å². The first-order valence-electron chi connectivity index (χ1n) is 9.34. The van der Waals surface area contributed by atoms with Crippen LogP contribution in [0.4, 0.5) is 0 Å². The molecule has 1 N–H and O–H groups in total. The third-order valence-electron chi connectivity index (χ3n) is 5.83. The van der Waals surface area contributed by atoms with Crippen molar-refractivity contribution >= 4 is 22.1 Å². The minimum absolute atomic E-state index is 0.430. The van der Waals surface area contributed by atoms with Crippen LogP contribution in [0.15, 0.2) is 91.0 Å². The molecule has 4 aromatic carbocycles. The molecule has 0 aliphatic heterocycles. The van der Waals surface area contributed by atoms with Crippen molar-refractivity contribution in [2.24, 2.45) is 0 Å². The average Bonchev–Trinajstić information content (AvgIpc) is 3.54. The van der Waals surface area contributed by atoms with E-state index in [-0.39, 0.29) is 0 Å². The standard InChI is InChI=1S/C26H17N/c27-26(16-8-2-1-3-9-16)24-15-22-18-11-5-4-10-17(18)21-14-23(21)25(22)20-13-7-6-12-19(20)24/h1-15,23,27H/t23-/m0/s1. The summed E-state index contributed by atoms with van der Waals surface area (Å²) in [6.07, 6.45) is 2.37. The van der Waals surface area contributed by atoms with Crippen LogP contribution in [0.25, 0.3) is 27.5 Å². The third kappa shape index (κ3) is 2.03. The van der Waals surface area contributed by atoms with Gasteiger partial charge in [0.2, 0.25) is 0 Å². The van der Waals surface area contributed by atoms with Crippen molar-refractivity contribution in [1.29, 1.82) is 5.41 Å². The number of allylic oxidation sites excluding steroid dienone is 2. The van der Waals surface area contributed by atoms with E-state index in [4.69, 9.17) is 5.41 Å². The molecule has 126 valence electrons. The normalized spacial score (nSPS) is 16.1. The third-order valence-corrected chi connectivity index (χ3v) is 5.83. The number of hydrogen-bond acceptors (Lipinski definition) is 1. The Hall–Kier alpha value is -3.45. The molecule has 0 bridgehead atoms. The van der Waals surface area contributed by atoms with E-state index in [1.807, 2.05) is 30.3 Å². The maximum absolute atomic E-state index is 8.90. The van der Waals surface area contributed by atoms with Crippen LogP contribution in [-0.2, 0) is 0 Å². The fraction of sp³-hybridized carbons (Fsp3) is 0.0385. The summed E-state index contributed by atoms with van der Waals surface area (Å²) in [6, 6.07) is 29.5. The highest BCUT2D eigenvalue weighted by atomic mass is 14.4. The lowest BCUT2D eigenvalue weighted by Crippen LogP contribution is -2.07. The number of nitrogens with one attached hydrogen (secondary N) is 1. The van der Waals surface area contributed by atoms with E-state index >= 15 is 0 Å². The van der Waals surface area contributed by atoms with E-state index in [9.17, 15) is 0 Å². The summed E-state index contributed by atoms with van der Waals surface area (Å²) < 4.78 is 0. The summed E-state index contributed by atoms with van der Waals surface area (Å²) in [6.45, 7) is 0. The van der Waals surface area contributed by atoms with Gasteiger partial charge in [-0.15, -0.1) is 0 Å². The van der Waals surface area contributed by atoms with Crippen LogP contribution in [0.5, 0.6) is 0 Å². The Morgan fingerprint density at radius 1 is 0.667 bits per heavy atom. The molecule has 6 rings (SSSR count). The fourth-order valence-electron chi connectivity index (χ4n) is 4.52. The Morgan fingerprint density at radius 2 is 1.33 bits per heavy atom. The summed E-state index contributed by atoms with van der Waals surface area (Å²) in [4.78, 5) is 0. The molecule has 0 radical (unpaired) electrons. The van der Waals surface area contributed by atoms with Gasteiger partial charge >= 0.3 is 0 Å². The van der Waals surface area contributed by atoms with Gasteiger partial charge in [-0.1, -0.05) is 84.9 Å². The van der Waals surface area contributed by atoms with Gasteiger partial charge < -0.3 is 0 Å². The summed E-state index contributed by atoms with van der Waals surface area (Å²) >= 11 is 0. The highest BCUT2D eigenvalue weighted by molar-refractivity contribution is 6.20. The van der Waals surface area contributed by atoms with Crippen molar-refractivity contribution < 1.29 is 0 Å². The highest BCUT2D eigenvalue weighted by Gasteiger charge is 2.37. The predicted molar refractivity (Wildman–Crippen MR) is 112 cm³/mol. The van der Waals surface area contributed by atoms with Crippen molar-refractivity contribution in [2.75, 3.05) is 0 Å². The van der Waals surface area contributed by atoms with Crippen LogP contribution in [-0.4, -0.2) is 5.71 Å². The lowest BCUT2D eigenvalue weighted by Gasteiger charge is -2.23. The van der Waals surface area contributed by atoms with Crippen LogP contribution in [0, 0.1) is 5.41 Å². The molecule has 0 spiro atoms. The Bertz CT molecular complexity index is 1280. The molecule has 0 saturated carbocycles. The van der Waals surface area contributed by atoms with Gasteiger partial charge in [-0.25, -0.2) is 0 Å². The first-order chi connectivity index (χ1) is 13.3. The molecule has 0 aromatic heterocycles. The zero-order valence-electron chi connectivity index (χ0n) is 14.7. The first kappa shape index (κ1) is 14.7. The predicted octanol–water partition coefficient (Wildman–Crippen LogP) is 6.42. The van der Waals surface area contributed by atoms with Crippen LogP contribution < -0.4 is 0 Å². The van der Waals surface area contributed by atoms with E-state index in [0.29, 0.717) is 11.6 Å². The monoisotopic (exact) mass is 343 g/mol. The molecule has 1 nitrogen and oxygen atoms in total. The zero-order chi connectivity index (χ0) is 18.0. The molecular formula is C26H17N. The van der Waals surface area contributed by atoms with Crippen molar-refractivity contribution in [3.05, 3.63) is 113 Å². The van der Waals surface area contributed by atoms with Crippen molar-refractivity contribution in [1.82, 2.24) is 0 Å². The second kappa shape index (κ2) is 5.28. The molecule has 0 amide bonds. The quantitative estimate of drug-likeness (QED) is 0.406. The molecule has 2 aliphatic carbocycles. The van der Waals surface area contributed by atoms with Crippen LogP contribution in [0.2, 0.25) is 0 Å². The highest BCUT2D eigenvalue weighted by Crippen LogP contribution is 2.58. The fourth-order valence-corrected chi connectivity index (χ4v) is 4.52. The average molecular weight is 343 g/mol. The largest absolute Gasteiger partial charge is 0.300 e. The van der Waals surface area contributed by atoms with Gasteiger partial charge in [-0.2, -0.15) is 0 Å². The second-order valence-electron chi connectivity index (χ2n) is 7.32. The van der Waals surface area contributed by atoms with E-state index in [2.05, 4.69) is 60.7 Å². The molecule has 1 atom stereocenters. The molecule has 2 aliphatic rings. The molecule has 0 fully saturated rings. The van der Waals surface area contributed by atoms with E-state index in [1.165, 1.54) is 38.6 Å². The molecule has 0 saturated heterocycles. The van der Waals surface area contributed by atoms with Gasteiger partial charge in [0.1, 0.15) is 0 Å². The molecule has 1 heteroatoms. The Balaban J connectivity index is 1.69. The van der Waals surface area contributed by atoms with Gasteiger partial charge in [0, 0.05) is 17.0 Å². The Labute approximate surface area is 158 Å². The number of rotatable bonds is 2. The van der Waals surface area contributed by atoms with Crippen LogP contribution in [0.1, 0.15) is 28.2 Å². The molecule has 0 heterocycles. The summed E-state index contributed by atoms with van der Waals surface area (Å²) in [5, 5.41) is 11.3. The van der Waals surface area contributed by atoms with Gasteiger partial charge in [0.25, 0.3) is 0 Å². The lowest BCUT2D eigenvalue weighted by atomic mass is 9.80. The van der Waals surface area contributed by atoms with Gasteiger partial charge in [0.15, 0.2) is 0 Å². The van der Waals surface area contributed by atoms with E-state index in [1.54, 1.807) is 0 Å². The smallest absolute Gasteiger partial charge is 0.0690 e. The maximum Gasteiger partial charge on any atom is 0.0690 e. The molecular weight excluding hydrogens is 326 g/mol. The van der Waals surface area contributed by atoms with Gasteiger partial charge in [-0.3, -0.25) is 5.41 Å². The summed E-state index contributed by atoms with van der Waals surface area (Å²) in [5.41, 5.74) is 9.33. The van der Waals surface area contributed by atoms with Crippen molar-refractivity contribution in [3.8, 4) is 11.1 Å². The summed E-state index contributed by atoms with van der Waals surface area (Å²) in [5.74, 6) is 0.430. The van der Waals surface area contributed by atoms with Crippen LogP contribution in [0.3, 0.4) is 0 Å². The molecule has 0 unspecified atom stereocenters. The lowest BCUT2D eigenvalue weighted by molar-refractivity contribution is 1.24.